The van der Waals surface area contributed by atoms with Crippen LogP contribution in [-0.4, -0.2) is 16.7 Å². The van der Waals surface area contributed by atoms with Crippen molar-refractivity contribution in [3.63, 3.8) is 0 Å². The number of hydrazone groups is 1. The molecule has 2 heterocycles. The van der Waals surface area contributed by atoms with Crippen molar-refractivity contribution in [2.45, 2.75) is 27.7 Å². The zero-order chi connectivity index (χ0) is 22.3. The molecule has 0 radical (unpaired) electrons. The van der Waals surface area contributed by atoms with E-state index in [0.29, 0.717) is 5.58 Å². The molecule has 2 aromatic carbocycles. The summed E-state index contributed by atoms with van der Waals surface area (Å²) in [6, 6.07) is 14.1. The Morgan fingerprint density at radius 1 is 1.06 bits per heavy atom. The van der Waals surface area contributed by atoms with E-state index >= 15 is 0 Å². The number of furan rings is 1. The lowest BCUT2D eigenvalue weighted by atomic mass is 10.1. The van der Waals surface area contributed by atoms with Crippen molar-refractivity contribution in [1.82, 2.24) is 9.99 Å². The van der Waals surface area contributed by atoms with Gasteiger partial charge in [-0.3, -0.25) is 4.79 Å². The topological polar surface area (TPSA) is 59.5 Å². The predicted molar refractivity (Wildman–Crippen MR) is 136 cm³/mol. The lowest BCUT2D eigenvalue weighted by molar-refractivity contribution is 0.0929. The van der Waals surface area contributed by atoms with Gasteiger partial charge in [-0.25, -0.2) is 5.43 Å². The van der Waals surface area contributed by atoms with Gasteiger partial charge in [0, 0.05) is 32.5 Å². The average Bonchev–Trinajstić information content (AvgIpc) is 3.22. The first-order chi connectivity index (χ1) is 14.7. The van der Waals surface area contributed by atoms with Crippen LogP contribution < -0.4 is 5.43 Å². The summed E-state index contributed by atoms with van der Waals surface area (Å²) in [5, 5.41) is 5.03. The molecule has 7 heteroatoms. The Morgan fingerprint density at radius 2 is 1.77 bits per heavy atom. The first-order valence-electron chi connectivity index (χ1n) is 9.72. The lowest BCUT2D eigenvalue weighted by Gasteiger charge is -2.11. The Kier molecular flexibility index (Phi) is 6.07. The van der Waals surface area contributed by atoms with Gasteiger partial charge in [-0.15, -0.1) is 0 Å². The van der Waals surface area contributed by atoms with Gasteiger partial charge in [0.2, 0.25) is 0 Å². The summed E-state index contributed by atoms with van der Waals surface area (Å²) in [5.74, 6) is -0.161. The SMILES string of the molecule is Cc1cc(C)cc(-n2c(C)cc(/C=N\NC(=O)c3cc4cc(Br)cc(I)c4o3)c2C)c1. The van der Waals surface area contributed by atoms with Gasteiger partial charge in [-0.05, 0) is 97.8 Å². The Bertz CT molecular complexity index is 1330. The van der Waals surface area contributed by atoms with Gasteiger partial charge in [-0.1, -0.05) is 22.0 Å². The summed E-state index contributed by atoms with van der Waals surface area (Å²) >= 11 is 5.65. The number of nitrogens with zero attached hydrogens (tertiary/aromatic N) is 2. The van der Waals surface area contributed by atoms with Crippen molar-refractivity contribution in [3.05, 3.63) is 84.3 Å². The molecule has 0 saturated heterocycles. The standard InChI is InChI=1S/C24H21BrIN3O2/c1-13-5-14(2)7-20(6-13)29-15(3)8-18(16(29)4)12-27-28-24(30)22-10-17-9-19(25)11-21(26)23(17)31-22/h5-12H,1-4H3,(H,28,30)/b27-12-. The molecule has 31 heavy (non-hydrogen) atoms. The lowest BCUT2D eigenvalue weighted by Crippen LogP contribution is -2.16. The summed E-state index contributed by atoms with van der Waals surface area (Å²) in [6.07, 6.45) is 1.67. The number of nitrogens with one attached hydrogen (secondary N) is 1. The molecule has 0 spiro atoms. The van der Waals surface area contributed by atoms with Gasteiger partial charge >= 0.3 is 5.91 Å². The number of hydrogen-bond acceptors (Lipinski definition) is 3. The van der Waals surface area contributed by atoms with Crippen molar-refractivity contribution in [2.24, 2.45) is 5.10 Å². The highest BCUT2D eigenvalue weighted by Gasteiger charge is 2.15. The molecule has 0 saturated carbocycles. The largest absolute Gasteiger partial charge is 0.450 e. The summed E-state index contributed by atoms with van der Waals surface area (Å²) in [6.45, 7) is 8.31. The number of amides is 1. The number of carbonyl (C=O) groups excluding carboxylic acids is 1. The van der Waals surface area contributed by atoms with E-state index in [1.54, 1.807) is 12.3 Å². The van der Waals surface area contributed by atoms with Crippen LogP contribution in [0.5, 0.6) is 0 Å². The number of fused-ring (bicyclic) bond motifs is 1. The van der Waals surface area contributed by atoms with E-state index < -0.39 is 0 Å². The average molecular weight is 590 g/mol. The van der Waals surface area contributed by atoms with Crippen LogP contribution in [0.3, 0.4) is 0 Å². The van der Waals surface area contributed by atoms with E-state index in [4.69, 9.17) is 4.42 Å². The number of rotatable bonds is 4. The number of aryl methyl sites for hydroxylation is 3. The molecular weight excluding hydrogens is 569 g/mol. The van der Waals surface area contributed by atoms with E-state index in [2.05, 4.69) is 98.7 Å². The van der Waals surface area contributed by atoms with Crippen LogP contribution in [0.15, 0.2) is 56.5 Å². The van der Waals surface area contributed by atoms with Crippen LogP contribution in [0.2, 0.25) is 0 Å². The minimum Gasteiger partial charge on any atom is -0.450 e. The van der Waals surface area contributed by atoms with Gasteiger partial charge in [0.15, 0.2) is 5.76 Å². The minimum atomic E-state index is -0.387. The smallest absolute Gasteiger partial charge is 0.307 e. The fourth-order valence-electron chi connectivity index (χ4n) is 3.80. The highest BCUT2D eigenvalue weighted by atomic mass is 127. The van der Waals surface area contributed by atoms with E-state index in [1.807, 2.05) is 19.1 Å². The Hall–Kier alpha value is -2.39. The van der Waals surface area contributed by atoms with E-state index in [9.17, 15) is 4.79 Å². The van der Waals surface area contributed by atoms with Crippen molar-refractivity contribution < 1.29 is 9.21 Å². The molecular formula is C24H21BrIN3O2. The monoisotopic (exact) mass is 589 g/mol. The molecule has 1 N–H and O–H groups in total. The molecule has 1 amide bonds. The highest BCUT2D eigenvalue weighted by molar-refractivity contribution is 14.1. The van der Waals surface area contributed by atoms with Crippen LogP contribution in [-0.2, 0) is 0 Å². The molecule has 0 fully saturated rings. The van der Waals surface area contributed by atoms with Gasteiger partial charge in [0.05, 0.1) is 9.78 Å². The molecule has 0 unspecified atom stereocenters. The van der Waals surface area contributed by atoms with E-state index in [1.165, 1.54) is 11.1 Å². The number of aromatic nitrogens is 1. The van der Waals surface area contributed by atoms with E-state index in [-0.39, 0.29) is 11.7 Å². The fourth-order valence-corrected chi connectivity index (χ4v) is 5.46. The molecule has 0 atom stereocenters. The highest BCUT2D eigenvalue weighted by Crippen LogP contribution is 2.28. The third-order valence-electron chi connectivity index (χ3n) is 5.06. The summed E-state index contributed by atoms with van der Waals surface area (Å²) in [5.41, 5.74) is 9.93. The molecule has 0 aliphatic rings. The van der Waals surface area contributed by atoms with Crippen molar-refractivity contribution in [2.75, 3.05) is 0 Å². The minimum absolute atomic E-state index is 0.226. The molecule has 0 aliphatic carbocycles. The predicted octanol–water partition coefficient (Wildman–Crippen LogP) is 6.59. The number of carbonyl (C=O) groups is 1. The van der Waals surface area contributed by atoms with Gasteiger partial charge in [0.25, 0.3) is 0 Å². The zero-order valence-electron chi connectivity index (χ0n) is 17.6. The maximum atomic E-state index is 12.5. The normalized spacial score (nSPS) is 11.5. The Labute approximate surface area is 202 Å². The molecule has 0 aliphatic heterocycles. The van der Waals surface area contributed by atoms with Crippen LogP contribution in [0.1, 0.15) is 38.6 Å². The zero-order valence-corrected chi connectivity index (χ0v) is 21.3. The Balaban J connectivity index is 1.56. The van der Waals surface area contributed by atoms with Crippen molar-refractivity contribution in [1.29, 1.82) is 0 Å². The molecule has 4 rings (SSSR count). The van der Waals surface area contributed by atoms with Crippen LogP contribution in [0, 0.1) is 31.3 Å². The number of halogens is 2. The first-order valence-corrected chi connectivity index (χ1v) is 11.6. The molecule has 0 bridgehead atoms. The maximum absolute atomic E-state index is 12.5. The quantitative estimate of drug-likeness (QED) is 0.166. The van der Waals surface area contributed by atoms with Gasteiger partial charge < -0.3 is 8.98 Å². The van der Waals surface area contributed by atoms with Gasteiger partial charge in [-0.2, -0.15) is 5.10 Å². The van der Waals surface area contributed by atoms with Gasteiger partial charge in [0.1, 0.15) is 5.58 Å². The second kappa shape index (κ2) is 8.63. The number of hydrogen-bond donors (Lipinski definition) is 1. The van der Waals surface area contributed by atoms with Crippen LogP contribution in [0.25, 0.3) is 16.7 Å². The summed E-state index contributed by atoms with van der Waals surface area (Å²) < 4.78 is 9.80. The van der Waals surface area contributed by atoms with Crippen molar-refractivity contribution >= 4 is 61.6 Å². The Morgan fingerprint density at radius 3 is 2.48 bits per heavy atom. The fraction of sp³-hybridized carbons (Fsp3) is 0.167. The first kappa shape index (κ1) is 21.8. The number of benzene rings is 2. The van der Waals surface area contributed by atoms with Crippen LogP contribution >= 0.6 is 38.5 Å². The second-order valence-corrected chi connectivity index (χ2v) is 9.70. The summed E-state index contributed by atoms with van der Waals surface area (Å²) in [4.78, 5) is 12.5. The van der Waals surface area contributed by atoms with Crippen LogP contribution in [0.4, 0.5) is 0 Å². The molecule has 4 aromatic rings. The summed E-state index contributed by atoms with van der Waals surface area (Å²) in [7, 11) is 0. The maximum Gasteiger partial charge on any atom is 0.307 e. The molecule has 5 nitrogen and oxygen atoms in total. The molecule has 2 aromatic heterocycles. The van der Waals surface area contributed by atoms with E-state index in [0.717, 1.165) is 36.1 Å². The molecule has 158 valence electrons. The van der Waals surface area contributed by atoms with Crippen molar-refractivity contribution in [3.8, 4) is 5.69 Å². The second-order valence-electron chi connectivity index (χ2n) is 7.62. The third kappa shape index (κ3) is 4.48. The third-order valence-corrected chi connectivity index (χ3v) is 6.32.